The molecule has 0 atom stereocenters. The van der Waals surface area contributed by atoms with Crippen LogP contribution in [0.5, 0.6) is 17.2 Å². The van der Waals surface area contributed by atoms with Gasteiger partial charge in [0.15, 0.2) is 0 Å². The molecule has 0 bridgehead atoms. The molecule has 1 fully saturated rings. The Kier molecular flexibility index (Phi) is 8.84. The number of amides is 1. The molecule has 0 saturated carbocycles. The third-order valence-corrected chi connectivity index (χ3v) is 7.11. The van der Waals surface area contributed by atoms with Crippen LogP contribution in [0.1, 0.15) is 24.0 Å². The number of likely N-dealkylation sites (tertiary alicyclic amines) is 1. The van der Waals surface area contributed by atoms with Crippen molar-refractivity contribution in [2.24, 2.45) is 0 Å². The van der Waals surface area contributed by atoms with Gasteiger partial charge >= 0.3 is 0 Å². The standard InChI is InChI=1S/C30H34F2N2O4/c1-33(14-4-18-38-28-20-26(36-2)19-27(21-28)37-3)16-17-34-15-13-30(29(34)35,22-5-9-24(31)10-6-22)23-7-11-25(32)12-8-23/h5-12,19-21H,4,13-18H2,1-3H3. The molecule has 4 rings (SSSR count). The molecule has 1 amide bonds. The number of carbonyl (C=O) groups is 1. The number of benzene rings is 3. The maximum absolute atomic E-state index is 13.8. The molecule has 1 saturated heterocycles. The van der Waals surface area contributed by atoms with Crippen molar-refractivity contribution < 1.29 is 27.8 Å². The number of halogens is 2. The summed E-state index contributed by atoms with van der Waals surface area (Å²) in [7, 11) is 5.21. The van der Waals surface area contributed by atoms with Crippen LogP contribution in [-0.2, 0) is 10.2 Å². The van der Waals surface area contributed by atoms with E-state index in [2.05, 4.69) is 4.90 Å². The molecule has 0 aliphatic carbocycles. The summed E-state index contributed by atoms with van der Waals surface area (Å²) >= 11 is 0. The Labute approximate surface area is 222 Å². The third-order valence-electron chi connectivity index (χ3n) is 7.11. The van der Waals surface area contributed by atoms with E-state index in [1.807, 2.05) is 24.1 Å². The van der Waals surface area contributed by atoms with E-state index < -0.39 is 5.41 Å². The summed E-state index contributed by atoms with van der Waals surface area (Å²) in [6.07, 6.45) is 1.35. The van der Waals surface area contributed by atoms with Gasteiger partial charge in [0.1, 0.15) is 34.3 Å². The minimum atomic E-state index is -0.953. The van der Waals surface area contributed by atoms with E-state index >= 15 is 0 Å². The first-order valence-electron chi connectivity index (χ1n) is 12.7. The zero-order chi connectivity index (χ0) is 27.1. The van der Waals surface area contributed by atoms with Gasteiger partial charge in [-0.1, -0.05) is 24.3 Å². The number of carbonyl (C=O) groups excluding carboxylic acids is 1. The first-order chi connectivity index (χ1) is 18.3. The number of hydrogen-bond acceptors (Lipinski definition) is 5. The molecule has 1 heterocycles. The summed E-state index contributed by atoms with van der Waals surface area (Å²) in [5.74, 6) is 1.26. The van der Waals surface area contributed by atoms with Crippen LogP contribution in [0.2, 0.25) is 0 Å². The van der Waals surface area contributed by atoms with E-state index in [4.69, 9.17) is 14.2 Å². The normalized spacial score (nSPS) is 14.7. The maximum atomic E-state index is 13.8. The van der Waals surface area contributed by atoms with Crippen LogP contribution in [0.4, 0.5) is 8.78 Å². The second kappa shape index (κ2) is 12.3. The molecule has 202 valence electrons. The highest BCUT2D eigenvalue weighted by Crippen LogP contribution is 2.42. The Balaban J connectivity index is 1.34. The number of hydrogen-bond donors (Lipinski definition) is 0. The predicted molar refractivity (Wildman–Crippen MR) is 142 cm³/mol. The van der Waals surface area contributed by atoms with Crippen molar-refractivity contribution in [3.05, 3.63) is 89.5 Å². The van der Waals surface area contributed by atoms with Crippen LogP contribution in [0.3, 0.4) is 0 Å². The average Bonchev–Trinajstić information content (AvgIpc) is 3.27. The van der Waals surface area contributed by atoms with Gasteiger partial charge in [0.05, 0.1) is 20.8 Å². The fraction of sp³-hybridized carbons (Fsp3) is 0.367. The van der Waals surface area contributed by atoms with Crippen molar-refractivity contribution in [2.45, 2.75) is 18.3 Å². The molecule has 3 aromatic rings. The Morgan fingerprint density at radius 2 is 1.37 bits per heavy atom. The molecule has 0 aromatic heterocycles. The number of ether oxygens (including phenoxy) is 3. The molecule has 38 heavy (non-hydrogen) atoms. The van der Waals surface area contributed by atoms with E-state index in [0.717, 1.165) is 24.1 Å². The third kappa shape index (κ3) is 6.07. The Morgan fingerprint density at radius 1 is 0.842 bits per heavy atom. The molecule has 0 unspecified atom stereocenters. The second-order valence-corrected chi connectivity index (χ2v) is 9.51. The summed E-state index contributed by atoms with van der Waals surface area (Å²) in [5.41, 5.74) is 0.487. The number of methoxy groups -OCH3 is 2. The van der Waals surface area contributed by atoms with Gasteiger partial charge < -0.3 is 24.0 Å². The highest BCUT2D eigenvalue weighted by Gasteiger charge is 2.49. The highest BCUT2D eigenvalue weighted by atomic mass is 19.1. The van der Waals surface area contributed by atoms with Crippen molar-refractivity contribution >= 4 is 5.91 Å². The quantitative estimate of drug-likeness (QED) is 0.316. The van der Waals surface area contributed by atoms with E-state index in [1.165, 1.54) is 24.3 Å². The van der Waals surface area contributed by atoms with Crippen molar-refractivity contribution in [1.29, 1.82) is 0 Å². The number of likely N-dealkylation sites (N-methyl/N-ethyl adjacent to an activating group) is 1. The lowest BCUT2D eigenvalue weighted by Gasteiger charge is -2.30. The molecule has 0 spiro atoms. The van der Waals surface area contributed by atoms with Crippen LogP contribution in [-0.4, -0.2) is 69.8 Å². The summed E-state index contributed by atoms with van der Waals surface area (Å²) in [6, 6.07) is 17.5. The lowest BCUT2D eigenvalue weighted by Crippen LogP contribution is -2.41. The van der Waals surface area contributed by atoms with Gasteiger partial charge in [0.2, 0.25) is 5.91 Å². The molecular formula is C30H34F2N2O4. The largest absolute Gasteiger partial charge is 0.496 e. The predicted octanol–water partition coefficient (Wildman–Crippen LogP) is 4.90. The van der Waals surface area contributed by atoms with E-state index in [9.17, 15) is 13.6 Å². The average molecular weight is 525 g/mol. The molecule has 3 aromatic carbocycles. The van der Waals surface area contributed by atoms with Gasteiger partial charge in [0, 0.05) is 44.4 Å². The van der Waals surface area contributed by atoms with Crippen LogP contribution >= 0.6 is 0 Å². The topological polar surface area (TPSA) is 51.2 Å². The fourth-order valence-corrected chi connectivity index (χ4v) is 4.96. The van der Waals surface area contributed by atoms with Crippen molar-refractivity contribution in [2.75, 3.05) is 54.1 Å². The van der Waals surface area contributed by atoms with Gasteiger partial charge in [-0.3, -0.25) is 4.79 Å². The summed E-state index contributed by atoms with van der Waals surface area (Å²) < 4.78 is 43.7. The van der Waals surface area contributed by atoms with Gasteiger partial charge in [-0.25, -0.2) is 8.78 Å². The molecular weight excluding hydrogens is 490 g/mol. The Bertz CT molecular complexity index is 1150. The number of rotatable bonds is 12. The van der Waals surface area contributed by atoms with Crippen molar-refractivity contribution in [1.82, 2.24) is 9.80 Å². The minimum Gasteiger partial charge on any atom is -0.496 e. The van der Waals surface area contributed by atoms with E-state index in [-0.39, 0.29) is 17.5 Å². The van der Waals surface area contributed by atoms with Crippen molar-refractivity contribution in [3.8, 4) is 17.2 Å². The number of nitrogens with zero attached hydrogens (tertiary/aromatic N) is 2. The lowest BCUT2D eigenvalue weighted by atomic mass is 9.73. The second-order valence-electron chi connectivity index (χ2n) is 9.51. The first-order valence-corrected chi connectivity index (χ1v) is 12.7. The van der Waals surface area contributed by atoms with Crippen LogP contribution in [0.25, 0.3) is 0 Å². The zero-order valence-corrected chi connectivity index (χ0v) is 22.1. The summed E-state index contributed by atoms with van der Waals surface area (Å²) in [6.45, 7) is 3.16. The van der Waals surface area contributed by atoms with Gasteiger partial charge in [-0.2, -0.15) is 0 Å². The zero-order valence-electron chi connectivity index (χ0n) is 22.1. The smallest absolute Gasteiger partial charge is 0.237 e. The molecule has 1 aliphatic rings. The van der Waals surface area contributed by atoms with Gasteiger partial charge in [0.25, 0.3) is 0 Å². The van der Waals surface area contributed by atoms with E-state index in [0.29, 0.717) is 49.9 Å². The van der Waals surface area contributed by atoms with Crippen LogP contribution < -0.4 is 14.2 Å². The van der Waals surface area contributed by atoms with Gasteiger partial charge in [-0.05, 0) is 55.3 Å². The maximum Gasteiger partial charge on any atom is 0.237 e. The molecule has 1 aliphatic heterocycles. The molecule has 8 heteroatoms. The highest BCUT2D eigenvalue weighted by molar-refractivity contribution is 5.94. The Hall–Kier alpha value is -3.65. The van der Waals surface area contributed by atoms with Gasteiger partial charge in [-0.15, -0.1) is 0 Å². The first kappa shape index (κ1) is 27.4. The Morgan fingerprint density at radius 3 is 1.89 bits per heavy atom. The SMILES string of the molecule is COc1cc(OC)cc(OCCCN(C)CCN2CCC(c3ccc(F)cc3)(c3ccc(F)cc3)C2=O)c1. The lowest BCUT2D eigenvalue weighted by molar-refractivity contribution is -0.131. The molecule has 0 radical (unpaired) electrons. The van der Waals surface area contributed by atoms with Crippen LogP contribution in [0.15, 0.2) is 66.7 Å². The fourth-order valence-electron chi connectivity index (χ4n) is 4.96. The van der Waals surface area contributed by atoms with Crippen LogP contribution in [0, 0.1) is 11.6 Å². The summed E-state index contributed by atoms with van der Waals surface area (Å²) in [5, 5.41) is 0. The molecule has 6 nitrogen and oxygen atoms in total. The van der Waals surface area contributed by atoms with E-state index in [1.54, 1.807) is 44.6 Å². The summed E-state index contributed by atoms with van der Waals surface area (Å²) in [4.78, 5) is 17.8. The molecule has 0 N–H and O–H groups in total. The van der Waals surface area contributed by atoms with Crippen molar-refractivity contribution in [3.63, 3.8) is 0 Å². The minimum absolute atomic E-state index is 0.0422. The monoisotopic (exact) mass is 524 g/mol.